The lowest BCUT2D eigenvalue weighted by atomic mass is 10.0. The maximum Gasteiger partial charge on any atom is 0.292 e. The van der Waals surface area contributed by atoms with E-state index in [1.807, 2.05) is 23.1 Å². The molecule has 1 aliphatic heterocycles. The number of hydrogen-bond acceptors (Lipinski definition) is 5. The number of halogens is 1. The van der Waals surface area contributed by atoms with Crippen molar-refractivity contribution in [2.24, 2.45) is 5.73 Å². The molecule has 0 saturated carbocycles. The van der Waals surface area contributed by atoms with Gasteiger partial charge in [-0.2, -0.15) is 9.78 Å². The van der Waals surface area contributed by atoms with Gasteiger partial charge in [-0.3, -0.25) is 9.59 Å². The Labute approximate surface area is 157 Å². The fourth-order valence-corrected chi connectivity index (χ4v) is 3.20. The first-order valence-electron chi connectivity index (χ1n) is 8.45. The molecule has 26 heavy (non-hydrogen) atoms. The summed E-state index contributed by atoms with van der Waals surface area (Å²) in [6.45, 7) is 5.59. The lowest BCUT2D eigenvalue weighted by Crippen LogP contribution is -2.57. The minimum atomic E-state index is -0.891. The van der Waals surface area contributed by atoms with Gasteiger partial charge in [0.05, 0.1) is 23.1 Å². The maximum absolute atomic E-state index is 12.6. The van der Waals surface area contributed by atoms with E-state index in [2.05, 4.69) is 5.10 Å². The highest BCUT2D eigenvalue weighted by Gasteiger charge is 2.31. The quantitative estimate of drug-likeness (QED) is 0.873. The molecular formula is C18H22ClN5O2. The average Bonchev–Trinajstić information content (AvgIpc) is 2.63. The zero-order chi connectivity index (χ0) is 18.9. The molecule has 1 aromatic heterocycles. The maximum atomic E-state index is 12.6. The molecule has 0 bridgehead atoms. The van der Waals surface area contributed by atoms with E-state index in [4.69, 9.17) is 17.3 Å². The summed E-state index contributed by atoms with van der Waals surface area (Å²) >= 11 is 6.34. The number of nitrogens with two attached hydrogens (primary N) is 1. The number of benzene rings is 1. The van der Waals surface area contributed by atoms with Gasteiger partial charge in [0.1, 0.15) is 5.02 Å². The van der Waals surface area contributed by atoms with Crippen LogP contribution >= 0.6 is 11.6 Å². The van der Waals surface area contributed by atoms with Crippen molar-refractivity contribution in [2.45, 2.75) is 19.4 Å². The van der Waals surface area contributed by atoms with Gasteiger partial charge in [-0.15, -0.1) is 0 Å². The molecule has 1 aromatic carbocycles. The molecule has 138 valence electrons. The van der Waals surface area contributed by atoms with Gasteiger partial charge in [0.15, 0.2) is 0 Å². The number of carbonyl (C=O) groups excluding carboxylic acids is 1. The lowest BCUT2D eigenvalue weighted by Gasteiger charge is -2.38. The van der Waals surface area contributed by atoms with Crippen LogP contribution in [0.15, 0.2) is 41.3 Å². The Morgan fingerprint density at radius 2 is 1.77 bits per heavy atom. The van der Waals surface area contributed by atoms with Crippen LogP contribution in [0.3, 0.4) is 0 Å². The van der Waals surface area contributed by atoms with Crippen LogP contribution in [0.4, 0.5) is 5.69 Å². The SMILES string of the molecule is CC(C)(N)C(=O)N1CCN(c2cnn(-c3ccccc3)c(=O)c2Cl)CC1. The molecule has 2 aromatic rings. The van der Waals surface area contributed by atoms with Gasteiger partial charge in [0, 0.05) is 26.2 Å². The van der Waals surface area contributed by atoms with Crippen LogP contribution in [0.1, 0.15) is 13.8 Å². The van der Waals surface area contributed by atoms with E-state index >= 15 is 0 Å². The average molecular weight is 376 g/mol. The number of piperazine rings is 1. The Bertz CT molecular complexity index is 852. The summed E-state index contributed by atoms with van der Waals surface area (Å²) in [5, 5.41) is 4.38. The van der Waals surface area contributed by atoms with Gasteiger partial charge < -0.3 is 15.5 Å². The largest absolute Gasteiger partial charge is 0.365 e. The van der Waals surface area contributed by atoms with Crippen molar-refractivity contribution in [1.82, 2.24) is 14.7 Å². The first-order valence-corrected chi connectivity index (χ1v) is 8.83. The summed E-state index contributed by atoms with van der Waals surface area (Å²) in [6, 6.07) is 9.13. The highest BCUT2D eigenvalue weighted by molar-refractivity contribution is 6.33. The van der Waals surface area contributed by atoms with Crippen molar-refractivity contribution in [3.05, 3.63) is 51.9 Å². The predicted molar refractivity (Wildman–Crippen MR) is 102 cm³/mol. The number of amides is 1. The third-order valence-electron chi connectivity index (χ3n) is 4.36. The Balaban J connectivity index is 1.79. The second-order valence-corrected chi connectivity index (χ2v) is 7.28. The van der Waals surface area contributed by atoms with Crippen LogP contribution in [-0.2, 0) is 4.79 Å². The Hall–Kier alpha value is -2.38. The van der Waals surface area contributed by atoms with E-state index in [-0.39, 0.29) is 16.5 Å². The smallest absolute Gasteiger partial charge is 0.292 e. The summed E-state index contributed by atoms with van der Waals surface area (Å²) < 4.78 is 1.28. The number of carbonyl (C=O) groups is 1. The lowest BCUT2D eigenvalue weighted by molar-refractivity contribution is -0.136. The highest BCUT2D eigenvalue weighted by Crippen LogP contribution is 2.23. The van der Waals surface area contributed by atoms with Crippen LogP contribution in [0.5, 0.6) is 0 Å². The number of nitrogens with zero attached hydrogens (tertiary/aromatic N) is 4. The molecule has 0 atom stereocenters. The van der Waals surface area contributed by atoms with Gasteiger partial charge in [0.25, 0.3) is 5.56 Å². The fourth-order valence-electron chi connectivity index (χ4n) is 2.96. The Kier molecular flexibility index (Phi) is 5.02. The van der Waals surface area contributed by atoms with Crippen molar-refractivity contribution in [3.8, 4) is 5.69 Å². The van der Waals surface area contributed by atoms with Gasteiger partial charge in [-0.1, -0.05) is 29.8 Å². The predicted octanol–water partition coefficient (Wildman–Crippen LogP) is 1.27. The molecule has 1 fully saturated rings. The van der Waals surface area contributed by atoms with Crippen LogP contribution < -0.4 is 16.2 Å². The topological polar surface area (TPSA) is 84.5 Å². The fraction of sp³-hybridized carbons (Fsp3) is 0.389. The Morgan fingerprint density at radius 3 is 2.35 bits per heavy atom. The second-order valence-electron chi connectivity index (χ2n) is 6.90. The number of rotatable bonds is 3. The summed E-state index contributed by atoms with van der Waals surface area (Å²) in [6.07, 6.45) is 1.60. The number of hydrogen-bond donors (Lipinski definition) is 1. The molecule has 0 spiro atoms. The van der Waals surface area contributed by atoms with Crippen molar-refractivity contribution < 1.29 is 4.79 Å². The first-order chi connectivity index (χ1) is 12.3. The summed E-state index contributed by atoms with van der Waals surface area (Å²) in [4.78, 5) is 28.6. The summed E-state index contributed by atoms with van der Waals surface area (Å²) in [5.74, 6) is -0.0825. The first kappa shape index (κ1) is 18.4. The molecular weight excluding hydrogens is 354 g/mol. The van der Waals surface area contributed by atoms with Crippen LogP contribution in [-0.4, -0.2) is 52.3 Å². The molecule has 0 unspecified atom stereocenters. The zero-order valence-corrected chi connectivity index (χ0v) is 15.6. The minimum absolute atomic E-state index is 0.0825. The summed E-state index contributed by atoms with van der Waals surface area (Å²) in [5.41, 5.74) is 5.88. The molecule has 2 N–H and O–H groups in total. The zero-order valence-electron chi connectivity index (χ0n) is 14.9. The Morgan fingerprint density at radius 1 is 1.15 bits per heavy atom. The number of anilines is 1. The third kappa shape index (κ3) is 3.59. The normalized spacial score (nSPS) is 15.2. The summed E-state index contributed by atoms with van der Waals surface area (Å²) in [7, 11) is 0. The molecule has 3 rings (SSSR count). The van der Waals surface area contributed by atoms with E-state index in [0.29, 0.717) is 37.6 Å². The van der Waals surface area contributed by atoms with Gasteiger partial charge >= 0.3 is 0 Å². The van der Waals surface area contributed by atoms with Crippen LogP contribution in [0, 0.1) is 0 Å². The van der Waals surface area contributed by atoms with Gasteiger partial charge in [0.2, 0.25) is 5.91 Å². The van der Waals surface area contributed by atoms with Crippen molar-refractivity contribution in [2.75, 3.05) is 31.1 Å². The molecule has 2 heterocycles. The molecule has 1 aliphatic rings. The van der Waals surface area contributed by atoms with Gasteiger partial charge in [-0.05, 0) is 26.0 Å². The second kappa shape index (κ2) is 7.09. The standard InChI is InChI=1S/C18H22ClN5O2/c1-18(2,20)17(26)23-10-8-22(9-11-23)14-12-21-24(16(25)15(14)19)13-6-4-3-5-7-13/h3-7,12H,8-11,20H2,1-2H3. The molecule has 8 heteroatoms. The number of aromatic nitrogens is 2. The van der Waals surface area contributed by atoms with Crippen molar-refractivity contribution in [3.63, 3.8) is 0 Å². The van der Waals surface area contributed by atoms with E-state index in [9.17, 15) is 9.59 Å². The number of para-hydroxylation sites is 1. The molecule has 1 saturated heterocycles. The highest BCUT2D eigenvalue weighted by atomic mass is 35.5. The van der Waals surface area contributed by atoms with Crippen molar-refractivity contribution >= 4 is 23.2 Å². The van der Waals surface area contributed by atoms with Crippen LogP contribution in [0.25, 0.3) is 5.69 Å². The van der Waals surface area contributed by atoms with E-state index in [0.717, 1.165) is 0 Å². The third-order valence-corrected chi connectivity index (χ3v) is 4.72. The van der Waals surface area contributed by atoms with Gasteiger partial charge in [-0.25, -0.2) is 0 Å². The molecule has 0 aliphatic carbocycles. The van der Waals surface area contributed by atoms with E-state index < -0.39 is 5.54 Å². The molecule has 7 nitrogen and oxygen atoms in total. The molecule has 0 radical (unpaired) electrons. The monoisotopic (exact) mass is 375 g/mol. The minimum Gasteiger partial charge on any atom is -0.365 e. The molecule has 1 amide bonds. The van der Waals surface area contributed by atoms with E-state index in [1.165, 1.54) is 4.68 Å². The van der Waals surface area contributed by atoms with Crippen LogP contribution in [0.2, 0.25) is 5.02 Å². The van der Waals surface area contributed by atoms with E-state index in [1.54, 1.807) is 37.1 Å². The van der Waals surface area contributed by atoms with Crippen molar-refractivity contribution in [1.29, 1.82) is 0 Å².